The maximum absolute atomic E-state index is 11.4. The summed E-state index contributed by atoms with van der Waals surface area (Å²) < 4.78 is 22.7. The van der Waals surface area contributed by atoms with Gasteiger partial charge in [-0.3, -0.25) is 0 Å². The topological polar surface area (TPSA) is 54.4 Å². The van der Waals surface area contributed by atoms with Crippen molar-refractivity contribution in [1.29, 1.82) is 0 Å². The second-order valence-electron chi connectivity index (χ2n) is 3.97. The van der Waals surface area contributed by atoms with Crippen LogP contribution < -0.4 is 0 Å². The van der Waals surface area contributed by atoms with E-state index in [4.69, 9.17) is 0 Å². The molecule has 0 radical (unpaired) electrons. The molecule has 0 spiro atoms. The van der Waals surface area contributed by atoms with Crippen LogP contribution in [0.25, 0.3) is 0 Å². The molecule has 0 aromatic carbocycles. The Labute approximate surface area is 79.4 Å². The SMILES string of the molecule is CC(C)=CC1(O)CCS(=O)(=O)C1C. The van der Waals surface area contributed by atoms with Gasteiger partial charge >= 0.3 is 0 Å². The fraction of sp³-hybridized carbons (Fsp3) is 0.778. The molecule has 0 aromatic heterocycles. The summed E-state index contributed by atoms with van der Waals surface area (Å²) in [5.74, 6) is 0.0917. The van der Waals surface area contributed by atoms with Gasteiger partial charge in [-0.05, 0) is 27.2 Å². The van der Waals surface area contributed by atoms with E-state index in [1.54, 1.807) is 13.0 Å². The highest BCUT2D eigenvalue weighted by Gasteiger charge is 2.46. The summed E-state index contributed by atoms with van der Waals surface area (Å²) in [6.45, 7) is 5.28. The molecule has 0 aliphatic carbocycles. The van der Waals surface area contributed by atoms with Crippen molar-refractivity contribution in [3.8, 4) is 0 Å². The maximum Gasteiger partial charge on any atom is 0.156 e. The van der Waals surface area contributed by atoms with Gasteiger partial charge in [0.05, 0.1) is 11.0 Å². The van der Waals surface area contributed by atoms with E-state index in [1.165, 1.54) is 0 Å². The Morgan fingerprint density at radius 3 is 2.38 bits per heavy atom. The van der Waals surface area contributed by atoms with Gasteiger partial charge in [0, 0.05) is 0 Å². The lowest BCUT2D eigenvalue weighted by Crippen LogP contribution is -2.36. The number of aliphatic hydroxyl groups is 1. The van der Waals surface area contributed by atoms with E-state index in [0.29, 0.717) is 6.42 Å². The quantitative estimate of drug-likeness (QED) is 0.645. The minimum Gasteiger partial charge on any atom is -0.384 e. The van der Waals surface area contributed by atoms with E-state index in [0.717, 1.165) is 5.57 Å². The fourth-order valence-electron chi connectivity index (χ4n) is 1.69. The normalized spacial score (nSPS) is 37.4. The summed E-state index contributed by atoms with van der Waals surface area (Å²) in [6.07, 6.45) is 1.98. The average molecular weight is 204 g/mol. The molecule has 0 amide bonds. The van der Waals surface area contributed by atoms with E-state index in [1.807, 2.05) is 13.8 Å². The van der Waals surface area contributed by atoms with Gasteiger partial charge in [-0.15, -0.1) is 0 Å². The minimum absolute atomic E-state index is 0.0917. The summed E-state index contributed by atoms with van der Waals surface area (Å²) in [5, 5.41) is 9.34. The average Bonchev–Trinajstić information content (AvgIpc) is 2.14. The Kier molecular flexibility index (Phi) is 2.56. The molecule has 1 heterocycles. The number of hydrogen-bond donors (Lipinski definition) is 1. The second-order valence-corrected chi connectivity index (χ2v) is 6.41. The molecule has 1 aliphatic heterocycles. The lowest BCUT2D eigenvalue weighted by molar-refractivity contribution is 0.0953. The Balaban J connectivity index is 3.04. The monoisotopic (exact) mass is 204 g/mol. The second kappa shape index (κ2) is 3.10. The zero-order valence-corrected chi connectivity index (χ0v) is 9.06. The van der Waals surface area contributed by atoms with Crippen LogP contribution in [-0.2, 0) is 9.84 Å². The Morgan fingerprint density at radius 1 is 1.54 bits per heavy atom. The summed E-state index contributed by atoms with van der Waals surface area (Å²) in [5.41, 5.74) is -0.191. The van der Waals surface area contributed by atoms with E-state index in [2.05, 4.69) is 0 Å². The molecule has 0 aromatic rings. The van der Waals surface area contributed by atoms with Gasteiger partial charge < -0.3 is 5.11 Å². The number of allylic oxidation sites excluding steroid dienone is 1. The van der Waals surface area contributed by atoms with Crippen molar-refractivity contribution in [3.05, 3.63) is 11.6 Å². The van der Waals surface area contributed by atoms with Crippen LogP contribution in [0.1, 0.15) is 27.2 Å². The molecular weight excluding hydrogens is 188 g/mol. The van der Waals surface area contributed by atoms with Gasteiger partial charge in [0.1, 0.15) is 5.60 Å². The molecule has 76 valence electrons. The van der Waals surface area contributed by atoms with Crippen LogP contribution in [0, 0.1) is 0 Å². The van der Waals surface area contributed by atoms with Crippen molar-refractivity contribution >= 4 is 9.84 Å². The maximum atomic E-state index is 11.4. The van der Waals surface area contributed by atoms with Gasteiger partial charge in [0.15, 0.2) is 9.84 Å². The van der Waals surface area contributed by atoms with E-state index < -0.39 is 20.7 Å². The highest BCUT2D eigenvalue weighted by atomic mass is 32.2. The predicted molar refractivity (Wildman–Crippen MR) is 52.2 cm³/mol. The van der Waals surface area contributed by atoms with Crippen LogP contribution >= 0.6 is 0 Å². The smallest absolute Gasteiger partial charge is 0.156 e. The van der Waals surface area contributed by atoms with Crippen molar-refractivity contribution in [2.24, 2.45) is 0 Å². The molecule has 1 aliphatic rings. The molecule has 1 rings (SSSR count). The van der Waals surface area contributed by atoms with Crippen LogP contribution in [-0.4, -0.2) is 30.1 Å². The first-order chi connectivity index (χ1) is 5.78. The van der Waals surface area contributed by atoms with Crippen molar-refractivity contribution in [3.63, 3.8) is 0 Å². The Hall–Kier alpha value is -0.350. The third-order valence-corrected chi connectivity index (χ3v) is 4.83. The molecule has 1 saturated heterocycles. The van der Waals surface area contributed by atoms with E-state index in [-0.39, 0.29) is 5.75 Å². The van der Waals surface area contributed by atoms with Gasteiger partial charge in [-0.2, -0.15) is 0 Å². The summed E-state index contributed by atoms with van der Waals surface area (Å²) in [4.78, 5) is 0. The largest absolute Gasteiger partial charge is 0.384 e. The number of hydrogen-bond acceptors (Lipinski definition) is 3. The molecule has 1 fully saturated rings. The van der Waals surface area contributed by atoms with Crippen LogP contribution in [0.5, 0.6) is 0 Å². The molecule has 4 heteroatoms. The van der Waals surface area contributed by atoms with Crippen molar-refractivity contribution < 1.29 is 13.5 Å². The molecule has 1 N–H and O–H groups in total. The Bertz CT molecular complexity index is 325. The molecule has 0 bridgehead atoms. The zero-order valence-electron chi connectivity index (χ0n) is 8.24. The minimum atomic E-state index is -3.07. The molecule has 2 atom stereocenters. The molecular formula is C9H16O3S. The third-order valence-electron chi connectivity index (χ3n) is 2.57. The summed E-state index contributed by atoms with van der Waals surface area (Å²) >= 11 is 0. The standard InChI is InChI=1S/C9H16O3S/c1-7(2)6-9(10)4-5-13(11,12)8(9)3/h6,8,10H,4-5H2,1-3H3. The van der Waals surface area contributed by atoms with Gasteiger partial charge in [0.25, 0.3) is 0 Å². The summed E-state index contributed by atoms with van der Waals surface area (Å²) in [7, 11) is -3.07. The van der Waals surface area contributed by atoms with E-state index in [9.17, 15) is 13.5 Å². The van der Waals surface area contributed by atoms with Crippen LogP contribution in [0.15, 0.2) is 11.6 Å². The van der Waals surface area contributed by atoms with Gasteiger partial charge in [-0.25, -0.2) is 8.42 Å². The first kappa shape index (κ1) is 10.7. The lowest BCUT2D eigenvalue weighted by atomic mass is 9.95. The molecule has 2 unspecified atom stereocenters. The van der Waals surface area contributed by atoms with Crippen molar-refractivity contribution in [1.82, 2.24) is 0 Å². The first-order valence-electron chi connectivity index (χ1n) is 4.38. The van der Waals surface area contributed by atoms with Gasteiger partial charge in [-0.1, -0.05) is 11.6 Å². The molecule has 13 heavy (non-hydrogen) atoms. The van der Waals surface area contributed by atoms with Crippen molar-refractivity contribution in [2.45, 2.75) is 38.0 Å². The van der Waals surface area contributed by atoms with Crippen LogP contribution in [0.3, 0.4) is 0 Å². The third kappa shape index (κ3) is 1.94. The zero-order chi connectivity index (χ0) is 10.3. The predicted octanol–water partition coefficient (Wildman–Crippen LogP) is 0.891. The van der Waals surface area contributed by atoms with Crippen LogP contribution in [0.4, 0.5) is 0 Å². The van der Waals surface area contributed by atoms with Crippen LogP contribution in [0.2, 0.25) is 0 Å². The van der Waals surface area contributed by atoms with Crippen molar-refractivity contribution in [2.75, 3.05) is 5.75 Å². The molecule has 0 saturated carbocycles. The number of rotatable bonds is 1. The highest BCUT2D eigenvalue weighted by Crippen LogP contribution is 2.32. The fourth-order valence-corrected chi connectivity index (χ4v) is 3.46. The highest BCUT2D eigenvalue weighted by molar-refractivity contribution is 7.92. The Morgan fingerprint density at radius 2 is 2.08 bits per heavy atom. The summed E-state index contributed by atoms with van der Waals surface area (Å²) in [6, 6.07) is 0. The number of sulfone groups is 1. The van der Waals surface area contributed by atoms with Gasteiger partial charge in [0.2, 0.25) is 0 Å². The first-order valence-corrected chi connectivity index (χ1v) is 6.09. The lowest BCUT2D eigenvalue weighted by Gasteiger charge is -2.22. The van der Waals surface area contributed by atoms with E-state index >= 15 is 0 Å². The molecule has 3 nitrogen and oxygen atoms in total.